The van der Waals surface area contributed by atoms with Crippen LogP contribution < -0.4 is 4.74 Å². The summed E-state index contributed by atoms with van der Waals surface area (Å²) in [7, 11) is 1.75. The number of phenols is 1. The molecule has 0 aliphatic heterocycles. The molecule has 1 amide bonds. The first-order valence-corrected chi connectivity index (χ1v) is 8.76. The minimum absolute atomic E-state index is 0.0368. The molecule has 3 aromatic carbocycles. The predicted octanol–water partition coefficient (Wildman–Crippen LogP) is 4.36. The molecule has 0 aliphatic carbocycles. The molecule has 3 rings (SSSR count). The van der Waals surface area contributed by atoms with E-state index in [0.717, 1.165) is 22.1 Å². The van der Waals surface area contributed by atoms with Crippen LogP contribution in [0.1, 0.15) is 18.4 Å². The number of fused-ring (bicyclic) bond motifs is 1. The van der Waals surface area contributed by atoms with Gasteiger partial charge < -0.3 is 14.7 Å². The topological polar surface area (TPSA) is 49.8 Å². The zero-order valence-corrected chi connectivity index (χ0v) is 14.9. The third kappa shape index (κ3) is 4.33. The maximum absolute atomic E-state index is 12.3. The monoisotopic (exact) mass is 349 g/mol. The highest BCUT2D eigenvalue weighted by Crippen LogP contribution is 2.25. The number of carbonyl (C=O) groups excluding carboxylic acids is 1. The summed E-state index contributed by atoms with van der Waals surface area (Å²) in [6, 6.07) is 21.1. The van der Waals surface area contributed by atoms with Crippen LogP contribution in [0, 0.1) is 0 Å². The smallest absolute Gasteiger partial charge is 0.222 e. The van der Waals surface area contributed by atoms with E-state index in [0.29, 0.717) is 26.0 Å². The minimum Gasteiger partial charge on any atom is -0.508 e. The summed E-state index contributed by atoms with van der Waals surface area (Å²) in [5, 5.41) is 12.0. The third-order valence-electron chi connectivity index (χ3n) is 4.37. The number of amides is 1. The van der Waals surface area contributed by atoms with Crippen molar-refractivity contribution < 1.29 is 14.6 Å². The Labute approximate surface area is 153 Å². The van der Waals surface area contributed by atoms with Crippen LogP contribution in [0.15, 0.2) is 66.7 Å². The van der Waals surface area contributed by atoms with Crippen LogP contribution in [0.4, 0.5) is 0 Å². The molecule has 1 N–H and O–H groups in total. The molecule has 0 saturated heterocycles. The van der Waals surface area contributed by atoms with Gasteiger partial charge in [0.1, 0.15) is 11.5 Å². The fourth-order valence-electron chi connectivity index (χ4n) is 2.91. The second-order valence-electron chi connectivity index (χ2n) is 6.31. The molecule has 0 saturated carbocycles. The summed E-state index contributed by atoms with van der Waals surface area (Å²) >= 11 is 0. The summed E-state index contributed by atoms with van der Waals surface area (Å²) in [4.78, 5) is 13.9. The Balaban J connectivity index is 1.48. The van der Waals surface area contributed by atoms with E-state index in [4.69, 9.17) is 4.74 Å². The number of aromatic hydroxyl groups is 1. The van der Waals surface area contributed by atoms with E-state index in [1.165, 1.54) is 0 Å². The van der Waals surface area contributed by atoms with E-state index < -0.39 is 0 Å². The molecule has 26 heavy (non-hydrogen) atoms. The van der Waals surface area contributed by atoms with Crippen molar-refractivity contribution in [3.63, 3.8) is 0 Å². The zero-order chi connectivity index (χ0) is 18.4. The molecule has 0 spiro atoms. The first-order valence-electron chi connectivity index (χ1n) is 8.76. The van der Waals surface area contributed by atoms with E-state index in [1.54, 1.807) is 24.1 Å². The first kappa shape index (κ1) is 17.8. The second kappa shape index (κ2) is 8.39. The number of para-hydroxylation sites is 1. The third-order valence-corrected chi connectivity index (χ3v) is 4.37. The van der Waals surface area contributed by atoms with Gasteiger partial charge in [0.2, 0.25) is 5.91 Å². The molecule has 0 unspecified atom stereocenters. The summed E-state index contributed by atoms with van der Waals surface area (Å²) < 4.78 is 5.88. The highest BCUT2D eigenvalue weighted by molar-refractivity contribution is 5.88. The SMILES string of the molecule is CN(Cc1ccccc1O)C(=O)CCCOc1cccc2ccccc12. The fourth-order valence-corrected chi connectivity index (χ4v) is 2.91. The summed E-state index contributed by atoms with van der Waals surface area (Å²) in [5.74, 6) is 1.10. The van der Waals surface area contributed by atoms with Gasteiger partial charge in [0.05, 0.1) is 6.61 Å². The van der Waals surface area contributed by atoms with Gasteiger partial charge in [-0.05, 0) is 23.9 Å². The Bertz CT molecular complexity index is 886. The van der Waals surface area contributed by atoms with Gasteiger partial charge in [-0.2, -0.15) is 0 Å². The molecule has 0 aliphatic rings. The van der Waals surface area contributed by atoms with Crippen LogP contribution in [-0.4, -0.2) is 29.6 Å². The van der Waals surface area contributed by atoms with Gasteiger partial charge in [-0.25, -0.2) is 0 Å². The van der Waals surface area contributed by atoms with Crippen LogP contribution in [-0.2, 0) is 11.3 Å². The maximum Gasteiger partial charge on any atom is 0.222 e. The van der Waals surface area contributed by atoms with Crippen LogP contribution in [0.5, 0.6) is 11.5 Å². The molecular weight excluding hydrogens is 326 g/mol. The molecule has 0 bridgehead atoms. The van der Waals surface area contributed by atoms with Crippen molar-refractivity contribution in [3.05, 3.63) is 72.3 Å². The van der Waals surface area contributed by atoms with Gasteiger partial charge in [-0.15, -0.1) is 0 Å². The van der Waals surface area contributed by atoms with Crippen LogP contribution in [0.2, 0.25) is 0 Å². The quantitative estimate of drug-likeness (QED) is 0.645. The first-order chi connectivity index (χ1) is 12.6. The molecule has 0 heterocycles. The van der Waals surface area contributed by atoms with E-state index in [2.05, 4.69) is 12.1 Å². The van der Waals surface area contributed by atoms with Crippen molar-refractivity contribution >= 4 is 16.7 Å². The number of rotatable bonds is 7. The van der Waals surface area contributed by atoms with E-state index >= 15 is 0 Å². The number of hydrogen-bond donors (Lipinski definition) is 1. The molecule has 4 heteroatoms. The van der Waals surface area contributed by atoms with Crippen LogP contribution in [0.25, 0.3) is 10.8 Å². The highest BCUT2D eigenvalue weighted by Gasteiger charge is 2.11. The van der Waals surface area contributed by atoms with Crippen molar-refractivity contribution in [2.24, 2.45) is 0 Å². The molecule has 0 radical (unpaired) electrons. The number of nitrogens with zero attached hydrogens (tertiary/aromatic N) is 1. The van der Waals surface area contributed by atoms with Gasteiger partial charge in [0.25, 0.3) is 0 Å². The Hall–Kier alpha value is -3.01. The Kier molecular flexibility index (Phi) is 5.74. The molecule has 3 aromatic rings. The summed E-state index contributed by atoms with van der Waals surface area (Å²) in [6.45, 7) is 0.889. The fraction of sp³-hybridized carbons (Fsp3) is 0.227. The lowest BCUT2D eigenvalue weighted by molar-refractivity contribution is -0.130. The average Bonchev–Trinajstić information content (AvgIpc) is 2.67. The van der Waals surface area contributed by atoms with Crippen molar-refractivity contribution in [3.8, 4) is 11.5 Å². The number of ether oxygens (including phenoxy) is 1. The summed E-state index contributed by atoms with van der Waals surface area (Å²) in [6.07, 6.45) is 1.06. The lowest BCUT2D eigenvalue weighted by Gasteiger charge is -2.18. The lowest BCUT2D eigenvalue weighted by atomic mass is 10.1. The Morgan fingerprint density at radius 3 is 2.58 bits per heavy atom. The van der Waals surface area contributed by atoms with Gasteiger partial charge in [-0.1, -0.05) is 54.6 Å². The average molecular weight is 349 g/mol. The Morgan fingerprint density at radius 2 is 1.73 bits per heavy atom. The molecular formula is C22H23NO3. The van der Waals surface area contributed by atoms with Crippen molar-refractivity contribution in [2.75, 3.05) is 13.7 Å². The van der Waals surface area contributed by atoms with Gasteiger partial charge in [0, 0.05) is 31.0 Å². The second-order valence-corrected chi connectivity index (χ2v) is 6.31. The number of hydrogen-bond acceptors (Lipinski definition) is 3. The van der Waals surface area contributed by atoms with Crippen molar-refractivity contribution in [1.82, 2.24) is 4.90 Å². The predicted molar refractivity (Wildman–Crippen MR) is 103 cm³/mol. The molecule has 0 fully saturated rings. The van der Waals surface area contributed by atoms with Crippen molar-refractivity contribution in [1.29, 1.82) is 0 Å². The van der Waals surface area contributed by atoms with Gasteiger partial charge >= 0.3 is 0 Å². The number of carbonyl (C=O) groups is 1. The molecule has 0 atom stereocenters. The maximum atomic E-state index is 12.3. The number of phenolic OH excluding ortho intramolecular Hbond substituents is 1. The molecule has 134 valence electrons. The molecule has 0 aromatic heterocycles. The largest absolute Gasteiger partial charge is 0.508 e. The normalized spacial score (nSPS) is 10.7. The van der Waals surface area contributed by atoms with E-state index in [-0.39, 0.29) is 11.7 Å². The Morgan fingerprint density at radius 1 is 1.00 bits per heavy atom. The van der Waals surface area contributed by atoms with Crippen molar-refractivity contribution in [2.45, 2.75) is 19.4 Å². The number of benzene rings is 3. The summed E-state index contributed by atoms with van der Waals surface area (Å²) in [5.41, 5.74) is 0.746. The lowest BCUT2D eigenvalue weighted by Crippen LogP contribution is -2.26. The molecule has 4 nitrogen and oxygen atoms in total. The van der Waals surface area contributed by atoms with Gasteiger partial charge in [-0.3, -0.25) is 4.79 Å². The minimum atomic E-state index is 0.0368. The van der Waals surface area contributed by atoms with Crippen LogP contribution >= 0.6 is 0 Å². The van der Waals surface area contributed by atoms with E-state index in [9.17, 15) is 9.90 Å². The standard InChI is InChI=1S/C22H23NO3/c1-23(16-18-9-3-5-12-20(18)24)22(25)14-7-15-26-21-13-6-10-17-8-2-4-11-19(17)21/h2-6,8-13,24H,7,14-16H2,1H3. The zero-order valence-electron chi connectivity index (χ0n) is 14.9. The highest BCUT2D eigenvalue weighted by atomic mass is 16.5. The van der Waals surface area contributed by atoms with Gasteiger partial charge in [0.15, 0.2) is 0 Å². The van der Waals surface area contributed by atoms with E-state index in [1.807, 2.05) is 42.5 Å². The van der Waals surface area contributed by atoms with Crippen LogP contribution in [0.3, 0.4) is 0 Å².